The van der Waals surface area contributed by atoms with E-state index in [1.807, 2.05) is 31.0 Å². The van der Waals surface area contributed by atoms with Crippen molar-refractivity contribution in [2.45, 2.75) is 32.8 Å². The molecule has 136 valence electrons. The van der Waals surface area contributed by atoms with Crippen LogP contribution >= 0.6 is 0 Å². The van der Waals surface area contributed by atoms with Crippen LogP contribution in [0.3, 0.4) is 0 Å². The molecule has 0 aliphatic carbocycles. The molecule has 5 heteroatoms. The molecule has 0 spiro atoms. The highest BCUT2D eigenvalue weighted by molar-refractivity contribution is 5.98. The smallest absolute Gasteiger partial charge is 0.270 e. The third kappa shape index (κ3) is 4.41. The first kappa shape index (κ1) is 18.0. The van der Waals surface area contributed by atoms with Crippen molar-refractivity contribution in [3.05, 3.63) is 35.5 Å². The first-order chi connectivity index (χ1) is 11.9. The van der Waals surface area contributed by atoms with Gasteiger partial charge in [-0.1, -0.05) is 11.6 Å². The molecule has 2 N–H and O–H groups in total. The van der Waals surface area contributed by atoms with E-state index in [9.17, 15) is 9.90 Å². The number of nitrogens with one attached hydrogen (secondary N) is 1. The van der Waals surface area contributed by atoms with E-state index in [0.717, 1.165) is 49.9 Å². The highest BCUT2D eigenvalue weighted by Gasteiger charge is 2.23. The summed E-state index contributed by atoms with van der Waals surface area (Å²) in [6.45, 7) is 7.43. The molecule has 2 aromatic rings. The number of nitrogens with zero attached hydrogens (tertiary/aromatic N) is 2. The van der Waals surface area contributed by atoms with Crippen LogP contribution in [0, 0.1) is 12.8 Å². The number of hydrogen-bond donors (Lipinski definition) is 2. The molecule has 0 radical (unpaired) electrons. The molecule has 1 amide bonds. The number of piperidine rings is 1. The molecule has 0 saturated carbocycles. The van der Waals surface area contributed by atoms with Gasteiger partial charge in [0.2, 0.25) is 0 Å². The normalized spacial score (nSPS) is 17.8. The molecule has 2 heterocycles. The number of H-pyrrole nitrogens is 1. The highest BCUT2D eigenvalue weighted by atomic mass is 16.3. The SMILES string of the molecule is Cc1ccc2[nH]c(C(=O)N(C)CC3CCN(CC(C)O)CC3)cc2c1. The van der Waals surface area contributed by atoms with Crippen LogP contribution in [0.25, 0.3) is 10.9 Å². The van der Waals surface area contributed by atoms with Gasteiger partial charge < -0.3 is 19.9 Å². The Hall–Kier alpha value is -1.85. The van der Waals surface area contributed by atoms with Gasteiger partial charge >= 0.3 is 0 Å². The number of aryl methyl sites for hydroxylation is 1. The van der Waals surface area contributed by atoms with E-state index in [-0.39, 0.29) is 12.0 Å². The van der Waals surface area contributed by atoms with Gasteiger partial charge in [-0.05, 0) is 63.9 Å². The van der Waals surface area contributed by atoms with E-state index < -0.39 is 0 Å². The predicted octanol–water partition coefficient (Wildman–Crippen LogP) is 2.64. The van der Waals surface area contributed by atoms with Crippen molar-refractivity contribution in [3.8, 4) is 0 Å². The zero-order valence-corrected chi connectivity index (χ0v) is 15.5. The quantitative estimate of drug-likeness (QED) is 0.877. The molecule has 5 nitrogen and oxygen atoms in total. The van der Waals surface area contributed by atoms with Gasteiger partial charge in [-0.2, -0.15) is 0 Å². The zero-order valence-electron chi connectivity index (χ0n) is 15.5. The summed E-state index contributed by atoms with van der Waals surface area (Å²) < 4.78 is 0. The van der Waals surface area contributed by atoms with E-state index in [4.69, 9.17) is 0 Å². The van der Waals surface area contributed by atoms with Gasteiger partial charge in [-0.3, -0.25) is 4.79 Å². The maximum Gasteiger partial charge on any atom is 0.270 e. The third-order valence-electron chi connectivity index (χ3n) is 5.11. The fourth-order valence-corrected chi connectivity index (χ4v) is 3.77. The van der Waals surface area contributed by atoms with E-state index in [2.05, 4.69) is 28.9 Å². The standard InChI is InChI=1S/C20H29N3O2/c1-14-4-5-18-17(10-14)11-19(21-18)20(25)22(3)13-16-6-8-23(9-7-16)12-15(2)24/h4-5,10-11,15-16,21,24H,6-9,12-13H2,1-3H3. The molecule has 25 heavy (non-hydrogen) atoms. The summed E-state index contributed by atoms with van der Waals surface area (Å²) in [7, 11) is 1.89. The number of aliphatic hydroxyl groups excluding tert-OH is 1. The Morgan fingerprint density at radius 3 is 2.76 bits per heavy atom. The van der Waals surface area contributed by atoms with Gasteiger partial charge in [0, 0.05) is 31.0 Å². The lowest BCUT2D eigenvalue weighted by atomic mass is 9.96. The fourth-order valence-electron chi connectivity index (χ4n) is 3.77. The van der Waals surface area contributed by atoms with Crippen LogP contribution in [0.5, 0.6) is 0 Å². The summed E-state index contributed by atoms with van der Waals surface area (Å²) in [5.74, 6) is 0.589. The number of carbonyl (C=O) groups excluding carboxylic acids is 1. The monoisotopic (exact) mass is 343 g/mol. The number of aliphatic hydroxyl groups is 1. The van der Waals surface area contributed by atoms with Crippen LogP contribution in [-0.2, 0) is 0 Å². The van der Waals surface area contributed by atoms with Crippen LogP contribution in [-0.4, -0.2) is 65.1 Å². The molecule has 1 aliphatic heterocycles. The average Bonchev–Trinajstić information content (AvgIpc) is 2.98. The molecular weight excluding hydrogens is 314 g/mol. The van der Waals surface area contributed by atoms with Crippen molar-refractivity contribution in [3.63, 3.8) is 0 Å². The van der Waals surface area contributed by atoms with Crippen LogP contribution in [0.2, 0.25) is 0 Å². The Labute approximate surface area is 149 Å². The molecule has 1 atom stereocenters. The van der Waals surface area contributed by atoms with Gasteiger partial charge in [0.25, 0.3) is 5.91 Å². The Kier molecular flexibility index (Phi) is 5.45. The number of β-amino-alcohol motifs (C(OH)–C–C–N with tert-alkyl or cyclic N) is 1. The lowest BCUT2D eigenvalue weighted by Crippen LogP contribution is -2.41. The van der Waals surface area contributed by atoms with E-state index in [1.165, 1.54) is 5.56 Å². The number of hydrogen-bond acceptors (Lipinski definition) is 3. The second kappa shape index (κ2) is 7.58. The molecule has 1 unspecified atom stereocenters. The van der Waals surface area contributed by atoms with Gasteiger partial charge in [-0.25, -0.2) is 0 Å². The fraction of sp³-hybridized carbons (Fsp3) is 0.550. The van der Waals surface area contributed by atoms with Crippen molar-refractivity contribution in [2.24, 2.45) is 5.92 Å². The summed E-state index contributed by atoms with van der Waals surface area (Å²) in [5.41, 5.74) is 2.87. The summed E-state index contributed by atoms with van der Waals surface area (Å²) in [4.78, 5) is 20.1. The van der Waals surface area contributed by atoms with Gasteiger partial charge in [0.15, 0.2) is 0 Å². The van der Waals surface area contributed by atoms with E-state index >= 15 is 0 Å². The molecule has 1 fully saturated rings. The number of benzene rings is 1. The van der Waals surface area contributed by atoms with Gasteiger partial charge in [0.1, 0.15) is 5.69 Å². The lowest BCUT2D eigenvalue weighted by Gasteiger charge is -2.34. The van der Waals surface area contributed by atoms with Crippen molar-refractivity contribution in [1.82, 2.24) is 14.8 Å². The van der Waals surface area contributed by atoms with Gasteiger partial charge in [-0.15, -0.1) is 0 Å². The maximum atomic E-state index is 12.7. The molecule has 1 aromatic carbocycles. The molecule has 0 bridgehead atoms. The average molecular weight is 343 g/mol. The molecule has 1 saturated heterocycles. The minimum Gasteiger partial charge on any atom is -0.392 e. The van der Waals surface area contributed by atoms with E-state index in [1.54, 1.807) is 0 Å². The predicted molar refractivity (Wildman–Crippen MR) is 101 cm³/mol. The van der Waals surface area contributed by atoms with Crippen LogP contribution in [0.4, 0.5) is 0 Å². The second-order valence-corrected chi connectivity index (χ2v) is 7.55. The van der Waals surface area contributed by atoms with Crippen LogP contribution < -0.4 is 0 Å². The largest absolute Gasteiger partial charge is 0.392 e. The van der Waals surface area contributed by atoms with Gasteiger partial charge in [0.05, 0.1) is 6.10 Å². The van der Waals surface area contributed by atoms with Crippen LogP contribution in [0.15, 0.2) is 24.3 Å². The Morgan fingerprint density at radius 1 is 1.36 bits per heavy atom. The number of rotatable bonds is 5. The lowest BCUT2D eigenvalue weighted by molar-refractivity contribution is 0.0698. The molecule has 3 rings (SSSR count). The number of aromatic nitrogens is 1. The minimum absolute atomic E-state index is 0.0558. The number of aromatic amines is 1. The third-order valence-corrected chi connectivity index (χ3v) is 5.11. The molecular formula is C20H29N3O2. The Bertz CT molecular complexity index is 730. The van der Waals surface area contributed by atoms with E-state index in [0.29, 0.717) is 11.6 Å². The molecule has 1 aliphatic rings. The number of amides is 1. The summed E-state index contributed by atoms with van der Waals surface area (Å²) in [6.07, 6.45) is 1.89. The first-order valence-electron chi connectivity index (χ1n) is 9.17. The highest BCUT2D eigenvalue weighted by Crippen LogP contribution is 2.21. The topological polar surface area (TPSA) is 59.6 Å². The Morgan fingerprint density at radius 2 is 2.08 bits per heavy atom. The first-order valence-corrected chi connectivity index (χ1v) is 9.17. The van der Waals surface area contributed by atoms with Crippen molar-refractivity contribution in [1.29, 1.82) is 0 Å². The Balaban J connectivity index is 1.57. The van der Waals surface area contributed by atoms with Crippen molar-refractivity contribution < 1.29 is 9.90 Å². The molecule has 1 aromatic heterocycles. The second-order valence-electron chi connectivity index (χ2n) is 7.55. The van der Waals surface area contributed by atoms with Crippen molar-refractivity contribution in [2.75, 3.05) is 33.2 Å². The number of fused-ring (bicyclic) bond motifs is 1. The number of carbonyl (C=O) groups is 1. The number of likely N-dealkylation sites (tertiary alicyclic amines) is 1. The maximum absolute atomic E-state index is 12.7. The minimum atomic E-state index is -0.272. The van der Waals surface area contributed by atoms with Crippen LogP contribution in [0.1, 0.15) is 35.8 Å². The zero-order chi connectivity index (χ0) is 18.0. The van der Waals surface area contributed by atoms with Crippen molar-refractivity contribution >= 4 is 16.8 Å². The summed E-state index contributed by atoms with van der Waals surface area (Å²) in [5, 5.41) is 10.6. The summed E-state index contributed by atoms with van der Waals surface area (Å²) >= 11 is 0. The summed E-state index contributed by atoms with van der Waals surface area (Å²) in [6, 6.07) is 8.13.